The lowest BCUT2D eigenvalue weighted by molar-refractivity contribution is 0.317. The standard InChI is InChI=1S/C27H33N5O9S3/c1-17-13-23(18(2)12-21(17)28)30-32-25-14-19(3)24(16-26(25)41-9-5-11-43(34,35)36)31-29-22-7-6-20(40-8-4-10-42-33)15-27(22)44(37,38)39/h6-7,12-16,33H,4-5,8-11,28H2,1-3H3,(H,34,35,36)(H,37,38,39)/b31-29+,32-30+. The second-order valence-corrected chi connectivity index (χ2v) is 13.3. The van der Waals surface area contributed by atoms with Crippen LogP contribution >= 0.6 is 12.0 Å². The van der Waals surface area contributed by atoms with Gasteiger partial charge in [-0.2, -0.15) is 27.1 Å². The van der Waals surface area contributed by atoms with Crippen molar-refractivity contribution in [1.82, 2.24) is 0 Å². The number of hydrogen-bond donors (Lipinski definition) is 4. The highest BCUT2D eigenvalue weighted by Crippen LogP contribution is 2.38. The molecular weight excluding hydrogens is 635 g/mol. The smallest absolute Gasteiger partial charge is 0.296 e. The molecular formula is C27H33N5O9S3. The highest BCUT2D eigenvalue weighted by atomic mass is 32.2. The molecule has 0 amide bonds. The Bertz CT molecular complexity index is 1760. The molecule has 0 radical (unpaired) electrons. The molecule has 0 aliphatic heterocycles. The van der Waals surface area contributed by atoms with Crippen LogP contribution < -0.4 is 15.2 Å². The van der Waals surface area contributed by atoms with Crippen molar-refractivity contribution >= 4 is 60.7 Å². The van der Waals surface area contributed by atoms with Crippen molar-refractivity contribution in [2.24, 2.45) is 20.5 Å². The second-order valence-electron chi connectivity index (χ2n) is 9.63. The van der Waals surface area contributed by atoms with Gasteiger partial charge in [0.1, 0.15) is 27.8 Å². The minimum absolute atomic E-state index is 0.0125. The van der Waals surface area contributed by atoms with Gasteiger partial charge in [0.15, 0.2) is 0 Å². The van der Waals surface area contributed by atoms with Gasteiger partial charge < -0.3 is 19.8 Å². The van der Waals surface area contributed by atoms with Crippen molar-refractivity contribution in [3.63, 3.8) is 0 Å². The molecule has 0 saturated heterocycles. The zero-order chi connectivity index (χ0) is 32.5. The first-order valence-corrected chi connectivity index (χ1v) is 17.1. The Morgan fingerprint density at radius 1 is 0.750 bits per heavy atom. The van der Waals surface area contributed by atoms with Crippen molar-refractivity contribution in [2.75, 3.05) is 30.5 Å². The predicted octanol–water partition coefficient (Wildman–Crippen LogP) is 6.90. The Hall–Kier alpha value is -3.61. The molecule has 0 bridgehead atoms. The molecule has 17 heteroatoms. The number of hydrogen-bond acceptors (Lipinski definition) is 13. The van der Waals surface area contributed by atoms with Gasteiger partial charge in [0, 0.05) is 23.6 Å². The highest BCUT2D eigenvalue weighted by molar-refractivity contribution is 7.93. The average Bonchev–Trinajstić information content (AvgIpc) is 2.94. The van der Waals surface area contributed by atoms with Gasteiger partial charge >= 0.3 is 0 Å². The fourth-order valence-corrected chi connectivity index (χ4v) is 5.09. The summed E-state index contributed by atoms with van der Waals surface area (Å²) >= 11 is 0.662. The van der Waals surface area contributed by atoms with E-state index in [1.165, 1.54) is 18.2 Å². The molecule has 0 atom stereocenters. The van der Waals surface area contributed by atoms with E-state index in [9.17, 15) is 21.4 Å². The van der Waals surface area contributed by atoms with Crippen molar-refractivity contribution in [3.8, 4) is 11.5 Å². The maximum absolute atomic E-state index is 12.1. The number of ether oxygens (including phenoxy) is 2. The van der Waals surface area contributed by atoms with E-state index >= 15 is 0 Å². The van der Waals surface area contributed by atoms with Gasteiger partial charge in [-0.1, -0.05) is 0 Å². The summed E-state index contributed by atoms with van der Waals surface area (Å²) in [5.74, 6) is 0.278. The van der Waals surface area contributed by atoms with Gasteiger partial charge in [-0.25, -0.2) is 0 Å². The van der Waals surface area contributed by atoms with Crippen LogP contribution in [-0.2, 0) is 20.2 Å². The number of nitrogens with two attached hydrogens (primary N) is 1. The zero-order valence-corrected chi connectivity index (χ0v) is 26.6. The maximum Gasteiger partial charge on any atom is 0.296 e. The van der Waals surface area contributed by atoms with Gasteiger partial charge in [-0.3, -0.25) is 9.11 Å². The van der Waals surface area contributed by atoms with Crippen LogP contribution in [0.1, 0.15) is 29.5 Å². The van der Waals surface area contributed by atoms with E-state index in [4.69, 9.17) is 24.3 Å². The molecule has 14 nitrogen and oxygen atoms in total. The van der Waals surface area contributed by atoms with Crippen LogP contribution in [0.5, 0.6) is 11.5 Å². The molecule has 3 rings (SSSR count). The van der Waals surface area contributed by atoms with Crippen LogP contribution in [0.4, 0.5) is 28.4 Å². The number of benzene rings is 3. The number of nitrogen functional groups attached to an aromatic ring is 1. The molecule has 3 aromatic rings. The third kappa shape index (κ3) is 10.5. The van der Waals surface area contributed by atoms with Crippen LogP contribution in [-0.4, -0.2) is 55.2 Å². The molecule has 0 aromatic heterocycles. The largest absolute Gasteiger partial charge is 0.494 e. The quantitative estimate of drug-likeness (QED) is 0.0428. The van der Waals surface area contributed by atoms with Crippen molar-refractivity contribution in [1.29, 1.82) is 0 Å². The number of anilines is 1. The second kappa shape index (κ2) is 15.4. The summed E-state index contributed by atoms with van der Waals surface area (Å²) in [4.78, 5) is -0.519. The summed E-state index contributed by atoms with van der Waals surface area (Å²) in [5, 5.41) is 16.9. The van der Waals surface area contributed by atoms with E-state index in [1.807, 2.05) is 13.8 Å². The number of azo groups is 2. The molecule has 44 heavy (non-hydrogen) atoms. The van der Waals surface area contributed by atoms with Crippen LogP contribution in [0.3, 0.4) is 0 Å². The molecule has 3 aromatic carbocycles. The van der Waals surface area contributed by atoms with Gasteiger partial charge in [0.2, 0.25) is 0 Å². The molecule has 0 saturated carbocycles. The minimum Gasteiger partial charge on any atom is -0.494 e. The van der Waals surface area contributed by atoms with E-state index in [1.54, 1.807) is 25.1 Å². The summed E-state index contributed by atoms with van der Waals surface area (Å²) < 4.78 is 85.3. The lowest BCUT2D eigenvalue weighted by atomic mass is 10.1. The van der Waals surface area contributed by atoms with Gasteiger partial charge in [0.05, 0.1) is 30.3 Å². The Morgan fingerprint density at radius 2 is 1.34 bits per heavy atom. The third-order valence-electron chi connectivity index (χ3n) is 6.06. The molecule has 238 valence electrons. The number of aryl methyl sites for hydroxylation is 3. The Kier molecular flexibility index (Phi) is 12.2. The summed E-state index contributed by atoms with van der Waals surface area (Å²) in [6, 6.07) is 10.6. The van der Waals surface area contributed by atoms with Crippen LogP contribution in [0.15, 0.2) is 67.8 Å². The number of nitrogens with zero attached hydrogens (tertiary/aromatic N) is 4. The van der Waals surface area contributed by atoms with Crippen molar-refractivity contribution in [2.45, 2.75) is 38.5 Å². The molecule has 0 unspecified atom stereocenters. The highest BCUT2D eigenvalue weighted by Gasteiger charge is 2.18. The lowest BCUT2D eigenvalue weighted by Crippen LogP contribution is -2.08. The molecule has 0 heterocycles. The Balaban J connectivity index is 1.96. The molecule has 0 aliphatic rings. The Morgan fingerprint density at radius 3 is 2.00 bits per heavy atom. The first-order chi connectivity index (χ1) is 20.7. The van der Waals surface area contributed by atoms with E-state index in [-0.39, 0.29) is 42.5 Å². The van der Waals surface area contributed by atoms with Crippen LogP contribution in [0.2, 0.25) is 0 Å². The summed E-state index contributed by atoms with van der Waals surface area (Å²) in [5.41, 5.74) is 9.74. The fraction of sp³-hybridized carbons (Fsp3) is 0.333. The van der Waals surface area contributed by atoms with Crippen molar-refractivity contribution in [3.05, 3.63) is 59.2 Å². The van der Waals surface area contributed by atoms with E-state index in [0.717, 1.165) is 17.2 Å². The van der Waals surface area contributed by atoms with Gasteiger partial charge in [-0.15, -0.1) is 10.2 Å². The summed E-state index contributed by atoms with van der Waals surface area (Å²) in [7, 11) is -8.88. The van der Waals surface area contributed by atoms with E-state index in [2.05, 4.69) is 20.5 Å². The predicted molar refractivity (Wildman–Crippen MR) is 168 cm³/mol. The fourth-order valence-electron chi connectivity index (χ4n) is 3.72. The molecule has 0 aliphatic carbocycles. The SMILES string of the molecule is Cc1cc(/N=N/c2cc(C)c(/N=N/c3ccc(OCCCSO)cc3S(=O)(=O)O)cc2OCCCS(=O)(=O)O)c(C)cc1N. The van der Waals surface area contributed by atoms with E-state index < -0.39 is 30.9 Å². The molecule has 5 N–H and O–H groups in total. The average molecular weight is 668 g/mol. The Labute approximate surface area is 260 Å². The lowest BCUT2D eigenvalue weighted by Gasteiger charge is -2.11. The maximum atomic E-state index is 12.1. The first kappa shape index (κ1) is 34.9. The van der Waals surface area contributed by atoms with Crippen LogP contribution in [0, 0.1) is 20.8 Å². The van der Waals surface area contributed by atoms with Crippen LogP contribution in [0.25, 0.3) is 0 Å². The van der Waals surface area contributed by atoms with Gasteiger partial charge in [-0.05, 0) is 92.7 Å². The monoisotopic (exact) mass is 667 g/mol. The topological polar surface area (TPSA) is 223 Å². The molecule has 0 fully saturated rings. The van der Waals surface area contributed by atoms with Gasteiger partial charge in [0.25, 0.3) is 20.2 Å². The van der Waals surface area contributed by atoms with E-state index in [0.29, 0.717) is 46.8 Å². The summed E-state index contributed by atoms with van der Waals surface area (Å²) in [6.45, 7) is 5.51. The minimum atomic E-state index is -4.70. The third-order valence-corrected chi connectivity index (χ3v) is 8.21. The first-order valence-electron chi connectivity index (χ1n) is 13.1. The molecule has 0 spiro atoms. The zero-order valence-electron chi connectivity index (χ0n) is 24.2. The summed E-state index contributed by atoms with van der Waals surface area (Å²) in [6.07, 6.45) is 0.500. The normalized spacial score (nSPS) is 12.3. The van der Waals surface area contributed by atoms with Crippen molar-refractivity contribution < 1.29 is 40.0 Å². The number of rotatable bonds is 15.